The van der Waals surface area contributed by atoms with Crippen molar-refractivity contribution in [3.63, 3.8) is 0 Å². The Morgan fingerprint density at radius 2 is 1.63 bits per heavy atom. The number of allylic oxidation sites excluding steroid dienone is 2. The average molecular weight is 523 g/mol. The molecule has 4 rings (SSSR count). The molecule has 0 saturated heterocycles. The molecule has 1 atom stereocenters. The Kier molecular flexibility index (Phi) is 8.67. The maximum atomic E-state index is 13.6. The molecule has 0 aromatic heterocycles. The molecule has 0 saturated carbocycles. The summed E-state index contributed by atoms with van der Waals surface area (Å²) in [6, 6.07) is 27.2. The van der Waals surface area contributed by atoms with Gasteiger partial charge in [-0.05, 0) is 55.2 Å². The Bertz CT molecular complexity index is 1440. The van der Waals surface area contributed by atoms with Crippen LogP contribution in [0, 0.1) is 18.3 Å². The van der Waals surface area contributed by atoms with Gasteiger partial charge in [0.05, 0.1) is 28.3 Å². The van der Waals surface area contributed by atoms with E-state index in [1.165, 1.54) is 17.3 Å². The van der Waals surface area contributed by atoms with Gasteiger partial charge in [-0.15, -0.1) is 0 Å². The quantitative estimate of drug-likeness (QED) is 0.324. The number of nitrogens with one attached hydrogen (secondary N) is 3. The Hall–Kier alpha value is -4.28. The van der Waals surface area contributed by atoms with Crippen LogP contribution in [0.25, 0.3) is 0 Å². The van der Waals surface area contributed by atoms with Gasteiger partial charge in [0.15, 0.2) is 0 Å². The number of hydrogen-bond acceptors (Lipinski definition) is 5. The van der Waals surface area contributed by atoms with E-state index in [9.17, 15) is 14.9 Å². The maximum Gasteiger partial charge on any atom is 0.254 e. The fourth-order valence-corrected chi connectivity index (χ4v) is 5.26. The highest BCUT2D eigenvalue weighted by atomic mass is 32.2. The molecule has 3 aromatic rings. The van der Waals surface area contributed by atoms with Crippen LogP contribution in [0.1, 0.15) is 36.5 Å². The molecular weight excluding hydrogens is 492 g/mol. The van der Waals surface area contributed by atoms with Crippen molar-refractivity contribution in [3.05, 3.63) is 117 Å². The van der Waals surface area contributed by atoms with Gasteiger partial charge >= 0.3 is 0 Å². The lowest BCUT2D eigenvalue weighted by Crippen LogP contribution is -2.31. The van der Waals surface area contributed by atoms with Crippen LogP contribution in [0.15, 0.2) is 101 Å². The van der Waals surface area contributed by atoms with Crippen LogP contribution in [0.3, 0.4) is 0 Å². The Balaban J connectivity index is 1.59. The number of benzene rings is 3. The zero-order valence-corrected chi connectivity index (χ0v) is 22.5. The van der Waals surface area contributed by atoms with Crippen LogP contribution in [0.2, 0.25) is 0 Å². The second kappa shape index (κ2) is 12.3. The molecule has 1 aliphatic rings. The van der Waals surface area contributed by atoms with E-state index in [-0.39, 0.29) is 17.6 Å². The summed E-state index contributed by atoms with van der Waals surface area (Å²) >= 11 is 1.26. The first-order chi connectivity index (χ1) is 18.4. The SMILES string of the molecule is CCc1ccc(NC(=O)CSC2=C(C#N)[C@H](c3ccccc3)C(C(=O)Nc3ccccc3C)=C(C)N2)cc1. The number of para-hydroxylation sites is 1. The highest BCUT2D eigenvalue weighted by Crippen LogP contribution is 2.41. The van der Waals surface area contributed by atoms with Crippen LogP contribution in [0.4, 0.5) is 11.4 Å². The molecule has 1 aliphatic heterocycles. The predicted molar refractivity (Wildman–Crippen MR) is 154 cm³/mol. The minimum atomic E-state index is -0.571. The van der Waals surface area contributed by atoms with Crippen LogP contribution >= 0.6 is 11.8 Å². The largest absolute Gasteiger partial charge is 0.353 e. The number of rotatable bonds is 8. The number of hydrogen-bond donors (Lipinski definition) is 3. The topological polar surface area (TPSA) is 94.0 Å². The van der Waals surface area contributed by atoms with Crippen molar-refractivity contribution in [2.75, 3.05) is 16.4 Å². The fourth-order valence-electron chi connectivity index (χ4n) is 4.37. The van der Waals surface area contributed by atoms with E-state index >= 15 is 0 Å². The molecule has 6 nitrogen and oxygen atoms in total. The van der Waals surface area contributed by atoms with Gasteiger partial charge in [0.1, 0.15) is 0 Å². The smallest absolute Gasteiger partial charge is 0.254 e. The second-order valence-electron chi connectivity index (χ2n) is 9.02. The van der Waals surface area contributed by atoms with Crippen LogP contribution in [0.5, 0.6) is 0 Å². The molecule has 0 radical (unpaired) electrons. The van der Waals surface area contributed by atoms with E-state index in [0.717, 1.165) is 28.9 Å². The zero-order valence-electron chi connectivity index (χ0n) is 21.7. The number of nitriles is 1. The summed E-state index contributed by atoms with van der Waals surface area (Å²) < 4.78 is 0. The number of amides is 2. The van der Waals surface area contributed by atoms with E-state index in [4.69, 9.17) is 0 Å². The first kappa shape index (κ1) is 26.8. The van der Waals surface area contributed by atoms with Gasteiger partial charge in [0.2, 0.25) is 5.91 Å². The summed E-state index contributed by atoms with van der Waals surface area (Å²) in [7, 11) is 0. The van der Waals surface area contributed by atoms with E-state index in [1.807, 2.05) is 92.7 Å². The minimum absolute atomic E-state index is 0.114. The molecule has 192 valence electrons. The van der Waals surface area contributed by atoms with Crippen molar-refractivity contribution in [2.24, 2.45) is 0 Å². The second-order valence-corrected chi connectivity index (χ2v) is 10.0. The molecule has 7 heteroatoms. The number of carbonyl (C=O) groups is 2. The summed E-state index contributed by atoms with van der Waals surface area (Å²) in [6.07, 6.45) is 0.932. The van der Waals surface area contributed by atoms with Crippen molar-refractivity contribution < 1.29 is 9.59 Å². The summed E-state index contributed by atoms with van der Waals surface area (Å²) in [5.41, 5.74) is 5.94. The third kappa shape index (κ3) is 6.16. The van der Waals surface area contributed by atoms with Crippen molar-refractivity contribution in [1.29, 1.82) is 5.26 Å². The van der Waals surface area contributed by atoms with Gasteiger partial charge in [-0.3, -0.25) is 9.59 Å². The molecule has 0 fully saturated rings. The van der Waals surface area contributed by atoms with Crippen molar-refractivity contribution >= 4 is 35.0 Å². The molecule has 3 N–H and O–H groups in total. The Morgan fingerprint density at radius 3 is 2.29 bits per heavy atom. The van der Waals surface area contributed by atoms with Crippen LogP contribution in [-0.2, 0) is 16.0 Å². The fraction of sp³-hybridized carbons (Fsp3) is 0.194. The normalized spacial score (nSPS) is 14.9. The molecule has 0 spiro atoms. The third-order valence-corrected chi connectivity index (χ3v) is 7.43. The lowest BCUT2D eigenvalue weighted by atomic mass is 9.82. The van der Waals surface area contributed by atoms with Crippen LogP contribution in [-0.4, -0.2) is 17.6 Å². The number of anilines is 2. The van der Waals surface area contributed by atoms with Gasteiger partial charge in [0, 0.05) is 22.6 Å². The summed E-state index contributed by atoms with van der Waals surface area (Å²) in [5.74, 6) is -0.906. The van der Waals surface area contributed by atoms with Gasteiger partial charge in [-0.2, -0.15) is 5.26 Å². The first-order valence-electron chi connectivity index (χ1n) is 12.5. The monoisotopic (exact) mass is 522 g/mol. The van der Waals surface area contributed by atoms with Crippen molar-refractivity contribution in [2.45, 2.75) is 33.1 Å². The van der Waals surface area contributed by atoms with E-state index in [1.54, 1.807) is 0 Å². The third-order valence-electron chi connectivity index (χ3n) is 6.41. The summed E-state index contributed by atoms with van der Waals surface area (Å²) in [6.45, 7) is 5.84. The molecule has 0 bridgehead atoms. The lowest BCUT2D eigenvalue weighted by Gasteiger charge is -2.30. The Morgan fingerprint density at radius 1 is 0.947 bits per heavy atom. The zero-order chi connectivity index (χ0) is 27.1. The maximum absolute atomic E-state index is 13.6. The minimum Gasteiger partial charge on any atom is -0.353 e. The van der Waals surface area contributed by atoms with Crippen molar-refractivity contribution in [3.8, 4) is 6.07 Å². The number of aryl methyl sites for hydroxylation is 2. The van der Waals surface area contributed by atoms with Gasteiger partial charge < -0.3 is 16.0 Å². The summed E-state index contributed by atoms with van der Waals surface area (Å²) in [4.78, 5) is 26.3. The molecule has 1 heterocycles. The molecule has 0 unspecified atom stereocenters. The molecule has 0 aliphatic carbocycles. The first-order valence-corrected chi connectivity index (χ1v) is 13.4. The van der Waals surface area contributed by atoms with Crippen molar-refractivity contribution in [1.82, 2.24) is 5.32 Å². The number of dihydropyridines is 1. The highest BCUT2D eigenvalue weighted by Gasteiger charge is 2.35. The molecular formula is C31H30N4O2S. The van der Waals surface area contributed by atoms with E-state index in [2.05, 4.69) is 28.9 Å². The number of nitrogens with zero attached hydrogens (tertiary/aromatic N) is 1. The van der Waals surface area contributed by atoms with E-state index < -0.39 is 5.92 Å². The summed E-state index contributed by atoms with van der Waals surface area (Å²) in [5, 5.41) is 20.0. The van der Waals surface area contributed by atoms with Crippen LogP contribution < -0.4 is 16.0 Å². The van der Waals surface area contributed by atoms with Gasteiger partial charge in [-0.1, -0.05) is 79.3 Å². The highest BCUT2D eigenvalue weighted by molar-refractivity contribution is 8.03. The Labute approximate surface area is 227 Å². The standard InChI is InChI=1S/C31H30N4O2S/c1-4-22-14-16-24(17-15-22)34-27(36)19-38-31-25(18-32)29(23-11-6-5-7-12-23)28(21(3)33-31)30(37)35-26-13-9-8-10-20(26)2/h5-17,29,33H,4,19H2,1-3H3,(H,34,36)(H,35,37)/t29-/m0/s1. The van der Waals surface area contributed by atoms with Gasteiger partial charge in [0.25, 0.3) is 5.91 Å². The molecule has 38 heavy (non-hydrogen) atoms. The van der Waals surface area contributed by atoms with E-state index in [0.29, 0.717) is 21.9 Å². The average Bonchev–Trinajstić information content (AvgIpc) is 2.93. The molecule has 2 amide bonds. The lowest BCUT2D eigenvalue weighted by molar-refractivity contribution is -0.114. The number of carbonyl (C=O) groups excluding carboxylic acids is 2. The number of thioether (sulfide) groups is 1. The molecule has 3 aromatic carbocycles. The predicted octanol–water partition coefficient (Wildman–Crippen LogP) is 6.26. The van der Waals surface area contributed by atoms with Gasteiger partial charge in [-0.25, -0.2) is 0 Å².